The van der Waals surface area contributed by atoms with Crippen molar-refractivity contribution in [1.82, 2.24) is 14.5 Å². The van der Waals surface area contributed by atoms with Crippen molar-refractivity contribution >= 4 is 23.4 Å². The van der Waals surface area contributed by atoms with Gasteiger partial charge in [-0.15, -0.1) is 0 Å². The third kappa shape index (κ3) is 4.24. The second kappa shape index (κ2) is 8.53. The van der Waals surface area contributed by atoms with E-state index in [4.69, 9.17) is 9.47 Å². The fourth-order valence-corrected chi connectivity index (χ4v) is 4.08. The zero-order chi connectivity index (χ0) is 21.0. The maximum atomic E-state index is 12.9. The monoisotopic (exact) mass is 430 g/mol. The summed E-state index contributed by atoms with van der Waals surface area (Å²) in [6, 6.07) is 16.8. The van der Waals surface area contributed by atoms with Gasteiger partial charge in [0, 0.05) is 34.9 Å². The Balaban J connectivity index is 1.33. The second-order valence-corrected chi connectivity index (χ2v) is 7.80. The van der Waals surface area contributed by atoms with E-state index in [9.17, 15) is 4.79 Å². The minimum Gasteiger partial charge on any atom is -0.486 e. The largest absolute Gasteiger partial charge is 0.486 e. The Morgan fingerprint density at radius 1 is 1.00 bits per heavy atom. The molecule has 0 saturated heterocycles. The number of nitrogens with one attached hydrogen (secondary N) is 1. The average molecular weight is 430 g/mol. The number of aromatic nitrogens is 3. The smallest absolute Gasteiger partial charge is 0.258 e. The van der Waals surface area contributed by atoms with Crippen molar-refractivity contribution in [2.45, 2.75) is 9.92 Å². The third-order valence-corrected chi connectivity index (χ3v) is 5.68. The number of pyridine rings is 1. The highest BCUT2D eigenvalue weighted by atomic mass is 32.2. The van der Waals surface area contributed by atoms with Gasteiger partial charge in [-0.2, -0.15) is 0 Å². The zero-order valence-corrected chi connectivity index (χ0v) is 17.2. The zero-order valence-electron chi connectivity index (χ0n) is 16.4. The first kappa shape index (κ1) is 19.2. The van der Waals surface area contributed by atoms with Gasteiger partial charge in [0.25, 0.3) is 5.91 Å². The first-order valence-electron chi connectivity index (χ1n) is 9.68. The standard InChI is InChI=1S/C23H18N4O3S/c28-22(26-16-3-5-17(6-4-16)27-11-10-24-15-27)19-2-1-9-25-23(19)31-18-7-8-20-21(14-18)30-13-12-29-20/h1-11,14-15H,12-13H2,(H,26,28). The molecule has 0 atom stereocenters. The van der Waals surface area contributed by atoms with Crippen LogP contribution in [-0.2, 0) is 0 Å². The number of carbonyl (C=O) groups excluding carboxylic acids is 1. The Bertz CT molecular complexity index is 1210. The van der Waals surface area contributed by atoms with E-state index < -0.39 is 0 Å². The maximum Gasteiger partial charge on any atom is 0.258 e. The number of hydrogen-bond acceptors (Lipinski definition) is 6. The van der Waals surface area contributed by atoms with Gasteiger partial charge in [0.2, 0.25) is 0 Å². The van der Waals surface area contributed by atoms with Crippen molar-refractivity contribution in [3.8, 4) is 17.2 Å². The van der Waals surface area contributed by atoms with Crippen LogP contribution in [0.5, 0.6) is 11.5 Å². The summed E-state index contributed by atoms with van der Waals surface area (Å²) in [6.07, 6.45) is 6.99. The number of benzene rings is 2. The maximum absolute atomic E-state index is 12.9. The van der Waals surface area contributed by atoms with Crippen LogP contribution in [0.15, 0.2) is 89.4 Å². The van der Waals surface area contributed by atoms with Gasteiger partial charge in [-0.05, 0) is 54.6 Å². The van der Waals surface area contributed by atoms with Crippen molar-refractivity contribution in [3.05, 3.63) is 85.1 Å². The highest BCUT2D eigenvalue weighted by Crippen LogP contribution is 2.37. The number of fused-ring (bicyclic) bond motifs is 1. The van der Waals surface area contributed by atoms with Crippen molar-refractivity contribution in [2.24, 2.45) is 0 Å². The molecule has 8 heteroatoms. The van der Waals surface area contributed by atoms with Crippen LogP contribution < -0.4 is 14.8 Å². The third-order valence-electron chi connectivity index (χ3n) is 4.67. The SMILES string of the molecule is O=C(Nc1ccc(-n2ccnc2)cc1)c1cccnc1Sc1ccc2c(c1)OCCO2. The van der Waals surface area contributed by atoms with Gasteiger partial charge in [-0.3, -0.25) is 4.79 Å². The molecular formula is C23H18N4O3S. The molecule has 31 heavy (non-hydrogen) atoms. The van der Waals surface area contributed by atoms with Crippen LogP contribution in [0.3, 0.4) is 0 Å². The van der Waals surface area contributed by atoms with Crippen LogP contribution in [-0.4, -0.2) is 33.7 Å². The Kier molecular flexibility index (Phi) is 5.28. The Morgan fingerprint density at radius 3 is 2.65 bits per heavy atom. The van der Waals surface area contributed by atoms with E-state index in [1.807, 2.05) is 53.2 Å². The first-order valence-corrected chi connectivity index (χ1v) is 10.5. The molecule has 2 aromatic carbocycles. The quantitative estimate of drug-likeness (QED) is 0.504. The fraction of sp³-hybridized carbons (Fsp3) is 0.0870. The van der Waals surface area contributed by atoms with E-state index in [0.29, 0.717) is 35.2 Å². The van der Waals surface area contributed by atoms with Gasteiger partial charge in [0.05, 0.1) is 11.9 Å². The highest BCUT2D eigenvalue weighted by Gasteiger charge is 2.16. The topological polar surface area (TPSA) is 78.3 Å². The summed E-state index contributed by atoms with van der Waals surface area (Å²) in [5.41, 5.74) is 2.17. The average Bonchev–Trinajstić information content (AvgIpc) is 3.35. The van der Waals surface area contributed by atoms with Crippen LogP contribution in [0.25, 0.3) is 5.69 Å². The van der Waals surface area contributed by atoms with E-state index in [1.165, 1.54) is 11.8 Å². The van der Waals surface area contributed by atoms with E-state index in [1.54, 1.807) is 30.9 Å². The molecule has 1 N–H and O–H groups in total. The number of hydrogen-bond donors (Lipinski definition) is 1. The predicted molar refractivity (Wildman–Crippen MR) is 117 cm³/mol. The molecule has 0 spiro atoms. The molecule has 0 fully saturated rings. The predicted octanol–water partition coefficient (Wildman–Crippen LogP) is 4.44. The summed E-state index contributed by atoms with van der Waals surface area (Å²) in [6.45, 7) is 1.07. The molecule has 7 nitrogen and oxygen atoms in total. The van der Waals surface area contributed by atoms with E-state index >= 15 is 0 Å². The molecule has 5 rings (SSSR count). The lowest BCUT2D eigenvalue weighted by atomic mass is 10.2. The Labute approximate surface area is 183 Å². The summed E-state index contributed by atoms with van der Waals surface area (Å²) >= 11 is 1.41. The second-order valence-electron chi connectivity index (χ2n) is 6.73. The lowest BCUT2D eigenvalue weighted by Gasteiger charge is -2.18. The van der Waals surface area contributed by atoms with Crippen LogP contribution in [0, 0.1) is 0 Å². The Morgan fingerprint density at radius 2 is 1.84 bits per heavy atom. The summed E-state index contributed by atoms with van der Waals surface area (Å²) in [4.78, 5) is 22.3. The Hall–Kier alpha value is -3.78. The minimum atomic E-state index is -0.219. The molecular weight excluding hydrogens is 412 g/mol. The molecule has 154 valence electrons. The van der Waals surface area contributed by atoms with Crippen LogP contribution >= 0.6 is 11.8 Å². The van der Waals surface area contributed by atoms with Gasteiger partial charge in [0.15, 0.2) is 11.5 Å². The molecule has 0 aliphatic carbocycles. The molecule has 1 aliphatic rings. The van der Waals surface area contributed by atoms with E-state index in [-0.39, 0.29) is 5.91 Å². The van der Waals surface area contributed by atoms with Crippen molar-refractivity contribution < 1.29 is 14.3 Å². The molecule has 1 aliphatic heterocycles. The molecule has 3 heterocycles. The lowest BCUT2D eigenvalue weighted by Crippen LogP contribution is -2.15. The summed E-state index contributed by atoms with van der Waals surface area (Å²) in [7, 11) is 0. The number of carbonyl (C=O) groups is 1. The minimum absolute atomic E-state index is 0.219. The van der Waals surface area contributed by atoms with Gasteiger partial charge >= 0.3 is 0 Å². The van der Waals surface area contributed by atoms with Gasteiger partial charge in [0.1, 0.15) is 18.2 Å². The van der Waals surface area contributed by atoms with Crippen LogP contribution in [0.4, 0.5) is 5.69 Å². The van der Waals surface area contributed by atoms with Crippen LogP contribution in [0.1, 0.15) is 10.4 Å². The number of amides is 1. The summed E-state index contributed by atoms with van der Waals surface area (Å²) in [5.74, 6) is 1.22. The molecule has 0 unspecified atom stereocenters. The lowest BCUT2D eigenvalue weighted by molar-refractivity contribution is 0.102. The number of nitrogens with zero attached hydrogens (tertiary/aromatic N) is 3. The molecule has 0 radical (unpaired) electrons. The van der Waals surface area contributed by atoms with Crippen molar-refractivity contribution in [2.75, 3.05) is 18.5 Å². The van der Waals surface area contributed by atoms with Gasteiger partial charge < -0.3 is 19.4 Å². The molecule has 0 saturated carbocycles. The molecule has 0 bridgehead atoms. The van der Waals surface area contributed by atoms with Crippen molar-refractivity contribution in [3.63, 3.8) is 0 Å². The molecule has 2 aromatic heterocycles. The van der Waals surface area contributed by atoms with Crippen LogP contribution in [0.2, 0.25) is 0 Å². The number of rotatable bonds is 5. The summed E-state index contributed by atoms with van der Waals surface area (Å²) in [5, 5.41) is 3.56. The fourth-order valence-electron chi connectivity index (χ4n) is 3.17. The number of ether oxygens (including phenoxy) is 2. The summed E-state index contributed by atoms with van der Waals surface area (Å²) < 4.78 is 13.1. The van der Waals surface area contributed by atoms with E-state index in [0.717, 1.165) is 16.3 Å². The molecule has 1 amide bonds. The normalized spacial score (nSPS) is 12.4. The van der Waals surface area contributed by atoms with Crippen molar-refractivity contribution in [1.29, 1.82) is 0 Å². The van der Waals surface area contributed by atoms with E-state index in [2.05, 4.69) is 15.3 Å². The number of anilines is 1. The van der Waals surface area contributed by atoms with Gasteiger partial charge in [-0.1, -0.05) is 11.8 Å². The molecule has 4 aromatic rings. The van der Waals surface area contributed by atoms with Gasteiger partial charge in [-0.25, -0.2) is 9.97 Å². The first-order chi connectivity index (χ1) is 15.3. The highest BCUT2D eigenvalue weighted by molar-refractivity contribution is 7.99. The number of imidazole rings is 1.